The molecule has 0 spiro atoms. The molecule has 2 rings (SSSR count). The molecule has 0 aromatic heterocycles. The van der Waals surface area contributed by atoms with Gasteiger partial charge >= 0.3 is 0 Å². The molecule has 1 saturated carbocycles. The second-order valence-corrected chi connectivity index (χ2v) is 5.87. The van der Waals surface area contributed by atoms with Crippen LogP contribution in [0.5, 0.6) is 5.75 Å². The Bertz CT molecular complexity index is 388. The lowest BCUT2D eigenvalue weighted by atomic mass is 10.1. The van der Waals surface area contributed by atoms with E-state index in [9.17, 15) is 0 Å². The zero-order chi connectivity index (χ0) is 13.0. The van der Waals surface area contributed by atoms with Gasteiger partial charge in [-0.1, -0.05) is 25.4 Å². The number of ether oxygens (including phenoxy) is 1. The van der Waals surface area contributed by atoms with E-state index in [1.54, 1.807) is 0 Å². The molecule has 1 aliphatic carbocycles. The molecule has 2 nitrogen and oxygen atoms in total. The summed E-state index contributed by atoms with van der Waals surface area (Å²) < 4.78 is 5.86. The highest BCUT2D eigenvalue weighted by atomic mass is 35.5. The van der Waals surface area contributed by atoms with Crippen molar-refractivity contribution < 1.29 is 4.74 Å². The van der Waals surface area contributed by atoms with Crippen molar-refractivity contribution in [3.05, 3.63) is 28.8 Å². The lowest BCUT2D eigenvalue weighted by molar-refractivity contribution is 0.286. The Morgan fingerprint density at radius 3 is 2.83 bits per heavy atom. The van der Waals surface area contributed by atoms with E-state index < -0.39 is 0 Å². The van der Waals surface area contributed by atoms with Crippen LogP contribution in [-0.4, -0.2) is 12.6 Å². The van der Waals surface area contributed by atoms with E-state index in [0.717, 1.165) is 35.9 Å². The van der Waals surface area contributed by atoms with Crippen LogP contribution in [0.15, 0.2) is 18.2 Å². The zero-order valence-electron chi connectivity index (χ0n) is 11.2. The first-order chi connectivity index (χ1) is 8.65. The molecule has 3 heteroatoms. The van der Waals surface area contributed by atoms with Gasteiger partial charge in [-0.2, -0.15) is 0 Å². The van der Waals surface area contributed by atoms with E-state index >= 15 is 0 Å². The molecule has 1 fully saturated rings. The molecule has 0 unspecified atom stereocenters. The van der Waals surface area contributed by atoms with Gasteiger partial charge in [0.15, 0.2) is 0 Å². The fourth-order valence-corrected chi connectivity index (χ4v) is 1.97. The molecule has 0 saturated heterocycles. The van der Waals surface area contributed by atoms with Crippen LogP contribution >= 0.6 is 11.6 Å². The van der Waals surface area contributed by atoms with E-state index in [0.29, 0.717) is 12.0 Å². The number of hydrogen-bond acceptors (Lipinski definition) is 2. The Kier molecular flexibility index (Phi) is 4.90. The quantitative estimate of drug-likeness (QED) is 0.806. The van der Waals surface area contributed by atoms with Crippen LogP contribution in [0, 0.1) is 5.92 Å². The summed E-state index contributed by atoms with van der Waals surface area (Å²) in [4.78, 5) is 0. The normalized spacial score (nSPS) is 15.1. The van der Waals surface area contributed by atoms with Crippen molar-refractivity contribution >= 4 is 11.6 Å². The molecule has 100 valence electrons. The van der Waals surface area contributed by atoms with E-state index in [1.807, 2.05) is 18.2 Å². The summed E-state index contributed by atoms with van der Waals surface area (Å²) in [5.74, 6) is 1.64. The zero-order valence-corrected chi connectivity index (χ0v) is 12.0. The lowest BCUT2D eigenvalue weighted by Crippen LogP contribution is -2.16. The maximum Gasteiger partial charge on any atom is 0.123 e. The van der Waals surface area contributed by atoms with Gasteiger partial charge in [-0.25, -0.2) is 0 Å². The summed E-state index contributed by atoms with van der Waals surface area (Å²) >= 11 is 6.05. The Balaban J connectivity index is 1.93. The summed E-state index contributed by atoms with van der Waals surface area (Å²) in [5.41, 5.74) is 1.16. The monoisotopic (exact) mass is 267 g/mol. The number of rotatable bonds is 7. The van der Waals surface area contributed by atoms with Crippen molar-refractivity contribution in [2.45, 2.75) is 45.7 Å². The minimum Gasteiger partial charge on any atom is -0.493 e. The van der Waals surface area contributed by atoms with E-state index in [4.69, 9.17) is 16.3 Å². The second-order valence-electron chi connectivity index (χ2n) is 5.44. The molecule has 18 heavy (non-hydrogen) atoms. The molecule has 0 aliphatic heterocycles. The van der Waals surface area contributed by atoms with Gasteiger partial charge in [0.2, 0.25) is 0 Å². The summed E-state index contributed by atoms with van der Waals surface area (Å²) in [7, 11) is 0. The van der Waals surface area contributed by atoms with Crippen molar-refractivity contribution in [2.75, 3.05) is 6.61 Å². The molecular weight excluding hydrogens is 246 g/mol. The van der Waals surface area contributed by atoms with Crippen LogP contribution < -0.4 is 10.1 Å². The molecule has 0 radical (unpaired) electrons. The van der Waals surface area contributed by atoms with Crippen molar-refractivity contribution in [3.8, 4) is 5.75 Å². The standard InChI is InChI=1S/C15H22ClNO/c1-11(2)7-8-18-15-6-3-13(16)9-12(15)10-17-14-4-5-14/h3,6,9,11,14,17H,4-5,7-8,10H2,1-2H3. The van der Waals surface area contributed by atoms with Crippen molar-refractivity contribution in [3.63, 3.8) is 0 Å². The first-order valence-corrected chi connectivity index (χ1v) is 7.17. The maximum absolute atomic E-state index is 6.05. The molecule has 0 atom stereocenters. The van der Waals surface area contributed by atoms with Gasteiger partial charge in [0.25, 0.3) is 0 Å². The summed E-state index contributed by atoms with van der Waals surface area (Å²) in [5, 5.41) is 4.28. The van der Waals surface area contributed by atoms with Crippen molar-refractivity contribution in [1.29, 1.82) is 0 Å². The molecule has 0 heterocycles. The smallest absolute Gasteiger partial charge is 0.123 e. The van der Waals surface area contributed by atoms with Crippen LogP contribution in [0.1, 0.15) is 38.7 Å². The SMILES string of the molecule is CC(C)CCOc1ccc(Cl)cc1CNC1CC1. The topological polar surface area (TPSA) is 21.3 Å². The summed E-state index contributed by atoms with van der Waals surface area (Å²) in [6, 6.07) is 6.58. The fourth-order valence-electron chi connectivity index (χ4n) is 1.77. The van der Waals surface area contributed by atoms with Gasteiger partial charge in [0, 0.05) is 23.2 Å². The van der Waals surface area contributed by atoms with Crippen LogP contribution in [0.2, 0.25) is 5.02 Å². The van der Waals surface area contributed by atoms with Crippen molar-refractivity contribution in [2.24, 2.45) is 5.92 Å². The first-order valence-electron chi connectivity index (χ1n) is 6.80. The molecule has 1 aliphatic rings. The largest absolute Gasteiger partial charge is 0.493 e. The number of hydrogen-bond donors (Lipinski definition) is 1. The van der Waals surface area contributed by atoms with Gasteiger partial charge in [0.05, 0.1) is 6.61 Å². The van der Waals surface area contributed by atoms with Crippen LogP contribution in [-0.2, 0) is 6.54 Å². The van der Waals surface area contributed by atoms with Crippen LogP contribution in [0.3, 0.4) is 0 Å². The molecular formula is C15H22ClNO. The predicted octanol–water partition coefficient (Wildman–Crippen LogP) is 4.02. The highest BCUT2D eigenvalue weighted by Crippen LogP contribution is 2.25. The van der Waals surface area contributed by atoms with Gasteiger partial charge in [0.1, 0.15) is 5.75 Å². The number of nitrogens with one attached hydrogen (secondary N) is 1. The highest BCUT2D eigenvalue weighted by molar-refractivity contribution is 6.30. The summed E-state index contributed by atoms with van der Waals surface area (Å²) in [6.07, 6.45) is 3.67. The molecule has 0 amide bonds. The Labute approximate surface area is 115 Å². The third-order valence-corrected chi connectivity index (χ3v) is 3.37. The fraction of sp³-hybridized carbons (Fsp3) is 0.600. The highest BCUT2D eigenvalue weighted by Gasteiger charge is 2.20. The number of halogens is 1. The lowest BCUT2D eigenvalue weighted by Gasteiger charge is -2.13. The minimum atomic E-state index is 0.672. The van der Waals surface area contributed by atoms with Crippen molar-refractivity contribution in [1.82, 2.24) is 5.32 Å². The Morgan fingerprint density at radius 2 is 2.17 bits per heavy atom. The molecule has 1 aromatic carbocycles. The minimum absolute atomic E-state index is 0.672. The van der Waals surface area contributed by atoms with Gasteiger partial charge in [-0.15, -0.1) is 0 Å². The second kappa shape index (κ2) is 6.44. The van der Waals surface area contributed by atoms with Gasteiger partial charge in [-0.05, 0) is 43.4 Å². The van der Waals surface area contributed by atoms with Gasteiger partial charge < -0.3 is 10.1 Å². The van der Waals surface area contributed by atoms with Crippen LogP contribution in [0.25, 0.3) is 0 Å². The number of benzene rings is 1. The third kappa shape index (κ3) is 4.51. The van der Waals surface area contributed by atoms with Crippen LogP contribution in [0.4, 0.5) is 0 Å². The first kappa shape index (κ1) is 13.7. The third-order valence-electron chi connectivity index (χ3n) is 3.13. The van der Waals surface area contributed by atoms with Gasteiger partial charge in [-0.3, -0.25) is 0 Å². The average Bonchev–Trinajstić information content (AvgIpc) is 3.12. The van der Waals surface area contributed by atoms with E-state index in [-0.39, 0.29) is 0 Å². The maximum atomic E-state index is 6.05. The Hall–Kier alpha value is -0.730. The average molecular weight is 268 g/mol. The Morgan fingerprint density at radius 1 is 1.39 bits per heavy atom. The predicted molar refractivity (Wildman–Crippen MR) is 76.3 cm³/mol. The summed E-state index contributed by atoms with van der Waals surface area (Å²) in [6.45, 7) is 6.04. The molecule has 0 bridgehead atoms. The van der Waals surface area contributed by atoms with E-state index in [2.05, 4.69) is 19.2 Å². The van der Waals surface area contributed by atoms with E-state index in [1.165, 1.54) is 12.8 Å². The molecule has 1 N–H and O–H groups in total. The molecule has 1 aromatic rings.